The third-order valence-corrected chi connectivity index (χ3v) is 5.36. The van der Waals surface area contributed by atoms with Gasteiger partial charge in [0.05, 0.1) is 0 Å². The van der Waals surface area contributed by atoms with Gasteiger partial charge in [-0.3, -0.25) is 0 Å². The first-order chi connectivity index (χ1) is 11.1. The number of unbranched alkanes of at least 4 members (excludes halogenated alkanes) is 5. The number of hydrogen-bond acceptors (Lipinski definition) is 0. The molecule has 0 amide bonds. The monoisotopic (exact) mass is 314 g/mol. The van der Waals surface area contributed by atoms with Crippen LogP contribution in [0.5, 0.6) is 0 Å². The second kappa shape index (κ2) is 11.5. The molecular formula is C23H38. The standard InChI is InChI=1S/C23H38/c1-5-7-19-23(4,6-2)20-13-11-9-8-10-12-14-22-17-15-21(3)16-18-22/h5-6,15-17,22H,1-2,7-14,18-20H2,3-4H3. The van der Waals surface area contributed by atoms with Crippen molar-refractivity contribution in [2.45, 2.75) is 84.5 Å². The lowest BCUT2D eigenvalue weighted by Gasteiger charge is -2.25. The molecule has 0 nitrogen and oxygen atoms in total. The third-order valence-electron chi connectivity index (χ3n) is 5.36. The zero-order valence-electron chi connectivity index (χ0n) is 15.7. The molecule has 130 valence electrons. The maximum Gasteiger partial charge on any atom is -0.0146 e. The van der Waals surface area contributed by atoms with Crippen LogP contribution in [0.15, 0.2) is 49.1 Å². The van der Waals surface area contributed by atoms with Gasteiger partial charge in [0.15, 0.2) is 0 Å². The molecule has 0 bridgehead atoms. The molecule has 0 aromatic heterocycles. The van der Waals surface area contributed by atoms with Gasteiger partial charge in [-0.25, -0.2) is 0 Å². The minimum absolute atomic E-state index is 0.313. The first-order valence-corrected chi connectivity index (χ1v) is 9.69. The van der Waals surface area contributed by atoms with Crippen LogP contribution in [0.2, 0.25) is 0 Å². The maximum absolute atomic E-state index is 4.03. The van der Waals surface area contributed by atoms with Gasteiger partial charge in [0, 0.05) is 0 Å². The summed E-state index contributed by atoms with van der Waals surface area (Å²) in [4.78, 5) is 0. The first-order valence-electron chi connectivity index (χ1n) is 9.69. The van der Waals surface area contributed by atoms with E-state index in [1.807, 2.05) is 6.08 Å². The molecule has 0 heterocycles. The topological polar surface area (TPSA) is 0 Å². The van der Waals surface area contributed by atoms with Crippen molar-refractivity contribution < 1.29 is 0 Å². The molecule has 0 aromatic rings. The van der Waals surface area contributed by atoms with Crippen LogP contribution in [-0.2, 0) is 0 Å². The van der Waals surface area contributed by atoms with Gasteiger partial charge in [-0.1, -0.05) is 81.4 Å². The van der Waals surface area contributed by atoms with E-state index in [-0.39, 0.29) is 0 Å². The van der Waals surface area contributed by atoms with Crippen LogP contribution < -0.4 is 0 Å². The summed E-state index contributed by atoms with van der Waals surface area (Å²) in [5, 5.41) is 0. The summed E-state index contributed by atoms with van der Waals surface area (Å²) in [7, 11) is 0. The molecule has 0 spiro atoms. The molecule has 1 aliphatic carbocycles. The van der Waals surface area contributed by atoms with Crippen LogP contribution >= 0.6 is 0 Å². The summed E-state index contributed by atoms with van der Waals surface area (Å²) >= 11 is 0. The molecule has 2 atom stereocenters. The van der Waals surface area contributed by atoms with Crippen molar-refractivity contribution in [1.29, 1.82) is 0 Å². The Morgan fingerprint density at radius 3 is 2.39 bits per heavy atom. The van der Waals surface area contributed by atoms with Gasteiger partial charge in [0.1, 0.15) is 0 Å². The Bertz CT molecular complexity index is 398. The number of rotatable bonds is 13. The summed E-state index contributed by atoms with van der Waals surface area (Å²) in [6, 6.07) is 0. The van der Waals surface area contributed by atoms with E-state index < -0.39 is 0 Å². The first kappa shape index (κ1) is 20.0. The van der Waals surface area contributed by atoms with E-state index in [0.29, 0.717) is 5.41 Å². The summed E-state index contributed by atoms with van der Waals surface area (Å²) < 4.78 is 0. The second-order valence-corrected chi connectivity index (χ2v) is 7.65. The summed E-state index contributed by atoms with van der Waals surface area (Å²) in [6.45, 7) is 12.4. The van der Waals surface area contributed by atoms with Crippen molar-refractivity contribution in [2.24, 2.45) is 11.3 Å². The predicted molar refractivity (Wildman–Crippen MR) is 106 cm³/mol. The van der Waals surface area contributed by atoms with Crippen LogP contribution in [0, 0.1) is 11.3 Å². The summed E-state index contributed by atoms with van der Waals surface area (Å²) in [5.41, 5.74) is 1.74. The lowest BCUT2D eigenvalue weighted by Crippen LogP contribution is -2.12. The van der Waals surface area contributed by atoms with Crippen LogP contribution in [-0.4, -0.2) is 0 Å². The van der Waals surface area contributed by atoms with E-state index in [4.69, 9.17) is 0 Å². The third kappa shape index (κ3) is 8.98. The van der Waals surface area contributed by atoms with E-state index in [2.05, 4.69) is 51.3 Å². The zero-order chi connectivity index (χ0) is 17.0. The molecule has 0 saturated heterocycles. The fourth-order valence-electron chi connectivity index (χ4n) is 3.39. The lowest BCUT2D eigenvalue weighted by molar-refractivity contribution is 0.345. The largest absolute Gasteiger partial charge is 0.103 e. The van der Waals surface area contributed by atoms with Gasteiger partial charge < -0.3 is 0 Å². The SMILES string of the molecule is C=CCCC(C)(C=C)CCCCCCCCC1C=CC(C)=CC1. The Labute approximate surface area is 145 Å². The van der Waals surface area contributed by atoms with Crippen LogP contribution in [0.3, 0.4) is 0 Å². The Hall–Kier alpha value is -1.04. The fourth-order valence-corrected chi connectivity index (χ4v) is 3.39. The van der Waals surface area contributed by atoms with Crippen LogP contribution in [0.1, 0.15) is 84.5 Å². The van der Waals surface area contributed by atoms with Gasteiger partial charge >= 0.3 is 0 Å². The van der Waals surface area contributed by atoms with Crippen molar-refractivity contribution in [3.8, 4) is 0 Å². The molecule has 0 radical (unpaired) electrons. The van der Waals surface area contributed by atoms with E-state index in [1.165, 1.54) is 69.8 Å². The van der Waals surface area contributed by atoms with Gasteiger partial charge in [0.25, 0.3) is 0 Å². The van der Waals surface area contributed by atoms with E-state index in [1.54, 1.807) is 0 Å². The molecule has 0 aliphatic heterocycles. The summed E-state index contributed by atoms with van der Waals surface area (Å²) in [5.74, 6) is 0.803. The van der Waals surface area contributed by atoms with Crippen molar-refractivity contribution in [1.82, 2.24) is 0 Å². The molecule has 0 heteroatoms. The summed E-state index contributed by atoms with van der Waals surface area (Å²) in [6.07, 6.45) is 25.8. The Morgan fingerprint density at radius 1 is 1.09 bits per heavy atom. The fraction of sp³-hybridized carbons (Fsp3) is 0.652. The Morgan fingerprint density at radius 2 is 1.78 bits per heavy atom. The van der Waals surface area contributed by atoms with Crippen LogP contribution in [0.4, 0.5) is 0 Å². The molecule has 0 N–H and O–H groups in total. The van der Waals surface area contributed by atoms with Crippen molar-refractivity contribution in [3.05, 3.63) is 49.1 Å². The van der Waals surface area contributed by atoms with E-state index in [9.17, 15) is 0 Å². The number of hydrogen-bond donors (Lipinski definition) is 0. The highest BCUT2D eigenvalue weighted by Gasteiger charge is 2.18. The predicted octanol–water partition coefficient (Wildman–Crippen LogP) is 7.79. The minimum Gasteiger partial charge on any atom is -0.103 e. The average Bonchev–Trinajstić information content (AvgIpc) is 2.57. The highest BCUT2D eigenvalue weighted by atomic mass is 14.2. The average molecular weight is 315 g/mol. The molecule has 0 saturated carbocycles. The molecule has 1 rings (SSSR count). The highest BCUT2D eigenvalue weighted by Crippen LogP contribution is 2.31. The van der Waals surface area contributed by atoms with Gasteiger partial charge in [-0.15, -0.1) is 13.2 Å². The van der Waals surface area contributed by atoms with E-state index in [0.717, 1.165) is 12.3 Å². The van der Waals surface area contributed by atoms with E-state index >= 15 is 0 Å². The Balaban J connectivity index is 1.98. The van der Waals surface area contributed by atoms with Crippen LogP contribution in [0.25, 0.3) is 0 Å². The maximum atomic E-state index is 4.03. The lowest BCUT2D eigenvalue weighted by atomic mass is 9.80. The molecular weight excluding hydrogens is 276 g/mol. The highest BCUT2D eigenvalue weighted by molar-refractivity contribution is 5.21. The smallest absolute Gasteiger partial charge is 0.0146 e. The van der Waals surface area contributed by atoms with Crippen molar-refractivity contribution >= 4 is 0 Å². The van der Waals surface area contributed by atoms with Gasteiger partial charge in [-0.2, -0.15) is 0 Å². The molecule has 1 aliphatic rings. The second-order valence-electron chi connectivity index (χ2n) is 7.65. The van der Waals surface area contributed by atoms with Gasteiger partial charge in [-0.05, 0) is 50.4 Å². The Kier molecular flexibility index (Phi) is 9.99. The molecule has 2 unspecified atom stereocenters. The molecule has 0 fully saturated rings. The normalized spacial score (nSPS) is 19.9. The molecule has 0 aromatic carbocycles. The number of allylic oxidation sites excluding steroid dienone is 6. The van der Waals surface area contributed by atoms with Gasteiger partial charge in [0.2, 0.25) is 0 Å². The quantitative estimate of drug-likeness (QED) is 0.240. The van der Waals surface area contributed by atoms with Crippen molar-refractivity contribution in [3.63, 3.8) is 0 Å². The minimum atomic E-state index is 0.313. The molecule has 23 heavy (non-hydrogen) atoms. The zero-order valence-corrected chi connectivity index (χ0v) is 15.7. The van der Waals surface area contributed by atoms with Crippen molar-refractivity contribution in [2.75, 3.05) is 0 Å².